The molecule has 0 aromatic heterocycles. The van der Waals surface area contributed by atoms with E-state index in [1.54, 1.807) is 11.8 Å². The topological polar surface area (TPSA) is 90.1 Å². The van der Waals surface area contributed by atoms with Crippen molar-refractivity contribution in [2.45, 2.75) is 16.7 Å². The summed E-state index contributed by atoms with van der Waals surface area (Å²) in [7, 11) is 0. The van der Waals surface area contributed by atoms with Crippen LogP contribution in [-0.2, 0) is 0 Å². The first-order valence-corrected chi connectivity index (χ1v) is 7.62. The first kappa shape index (κ1) is 14.7. The molecule has 0 fully saturated rings. The smallest absolute Gasteiger partial charge is 0.0799 e. The van der Waals surface area contributed by atoms with Gasteiger partial charge in [0.05, 0.1) is 17.1 Å². The Morgan fingerprint density at radius 2 is 1.80 bits per heavy atom. The number of rotatable bonds is 4. The third-order valence-corrected chi connectivity index (χ3v) is 4.35. The lowest BCUT2D eigenvalue weighted by Crippen LogP contribution is -2.03. The van der Waals surface area contributed by atoms with Crippen molar-refractivity contribution in [3.8, 4) is 0 Å². The van der Waals surface area contributed by atoms with Crippen molar-refractivity contribution in [2.75, 3.05) is 28.3 Å². The Bertz CT molecular complexity index is 612. The summed E-state index contributed by atoms with van der Waals surface area (Å²) < 4.78 is 0. The number of thiol groups is 1. The molecule has 20 heavy (non-hydrogen) atoms. The van der Waals surface area contributed by atoms with Gasteiger partial charge in [0.1, 0.15) is 0 Å². The minimum atomic E-state index is 0.507. The fourth-order valence-electron chi connectivity index (χ4n) is 1.79. The van der Waals surface area contributed by atoms with Crippen LogP contribution in [0.5, 0.6) is 0 Å². The Labute approximate surface area is 128 Å². The van der Waals surface area contributed by atoms with Gasteiger partial charge in [-0.25, -0.2) is 0 Å². The van der Waals surface area contributed by atoms with Crippen LogP contribution in [0.25, 0.3) is 0 Å². The molecule has 0 aliphatic rings. The first-order valence-electron chi connectivity index (χ1n) is 6.19. The first-order chi connectivity index (χ1) is 9.52. The minimum absolute atomic E-state index is 0.507. The molecule has 0 spiro atoms. The zero-order valence-corrected chi connectivity index (χ0v) is 12.9. The second kappa shape index (κ2) is 6.19. The van der Waals surface area contributed by atoms with Crippen LogP contribution in [0.1, 0.15) is 6.92 Å². The summed E-state index contributed by atoms with van der Waals surface area (Å²) in [6, 6.07) is 9.28. The zero-order valence-electron chi connectivity index (χ0n) is 11.2. The van der Waals surface area contributed by atoms with E-state index in [0.717, 1.165) is 26.9 Å². The van der Waals surface area contributed by atoms with Gasteiger partial charge in [-0.1, -0.05) is 6.92 Å². The molecule has 0 saturated heterocycles. The van der Waals surface area contributed by atoms with Gasteiger partial charge in [-0.05, 0) is 36.1 Å². The summed E-state index contributed by atoms with van der Waals surface area (Å²) in [5.41, 5.74) is 21.1. The lowest BCUT2D eigenvalue weighted by atomic mass is 10.2. The Balaban J connectivity index is 2.41. The monoisotopic (exact) mass is 306 g/mol. The predicted octanol–water partition coefficient (Wildman–Crippen LogP) is 3.58. The summed E-state index contributed by atoms with van der Waals surface area (Å²) in [6.45, 7) is 2.08. The van der Waals surface area contributed by atoms with Gasteiger partial charge in [-0.2, -0.15) is 0 Å². The fourth-order valence-corrected chi connectivity index (χ4v) is 2.98. The quantitative estimate of drug-likeness (QED) is 0.338. The molecule has 0 bridgehead atoms. The van der Waals surface area contributed by atoms with Gasteiger partial charge in [-0.15, -0.1) is 24.4 Å². The Kier molecular flexibility index (Phi) is 4.57. The number of hydrogen-bond acceptors (Lipinski definition) is 6. The third kappa shape index (κ3) is 3.08. The van der Waals surface area contributed by atoms with Crippen LogP contribution < -0.4 is 22.5 Å². The van der Waals surface area contributed by atoms with Crippen LogP contribution in [0.15, 0.2) is 40.1 Å². The van der Waals surface area contributed by atoms with Gasteiger partial charge in [0.15, 0.2) is 0 Å². The lowest BCUT2D eigenvalue weighted by Gasteiger charge is -2.17. The third-order valence-electron chi connectivity index (χ3n) is 2.82. The van der Waals surface area contributed by atoms with Gasteiger partial charge in [0.2, 0.25) is 0 Å². The molecule has 2 aromatic rings. The highest BCUT2D eigenvalue weighted by Crippen LogP contribution is 2.41. The van der Waals surface area contributed by atoms with Gasteiger partial charge >= 0.3 is 0 Å². The Hall–Kier alpha value is -1.66. The summed E-state index contributed by atoms with van der Waals surface area (Å²) in [4.78, 5) is 1.82. The minimum Gasteiger partial charge on any atom is -0.399 e. The van der Waals surface area contributed by atoms with Gasteiger partial charge in [-0.3, -0.25) is 0 Å². The van der Waals surface area contributed by atoms with Crippen LogP contribution in [0.2, 0.25) is 0 Å². The maximum atomic E-state index is 6.06. The van der Waals surface area contributed by atoms with Gasteiger partial charge < -0.3 is 22.5 Å². The highest BCUT2D eigenvalue weighted by Gasteiger charge is 2.13. The van der Waals surface area contributed by atoms with E-state index in [2.05, 4.69) is 24.9 Å². The van der Waals surface area contributed by atoms with E-state index < -0.39 is 0 Å². The Morgan fingerprint density at radius 3 is 2.40 bits per heavy atom. The van der Waals surface area contributed by atoms with Gasteiger partial charge in [0, 0.05) is 21.2 Å². The predicted molar refractivity (Wildman–Crippen MR) is 93.1 cm³/mol. The molecule has 4 nitrogen and oxygen atoms in total. The highest BCUT2D eigenvalue weighted by molar-refractivity contribution is 7.99. The number of benzene rings is 2. The molecule has 0 aliphatic carbocycles. The van der Waals surface area contributed by atoms with Crippen molar-refractivity contribution in [1.29, 1.82) is 0 Å². The summed E-state index contributed by atoms with van der Waals surface area (Å²) in [6.07, 6.45) is 0. The van der Waals surface area contributed by atoms with Crippen molar-refractivity contribution in [3.63, 3.8) is 0 Å². The number of nitrogen functional groups attached to an aromatic ring is 3. The lowest BCUT2D eigenvalue weighted by molar-refractivity contribution is 1.25. The molecule has 0 aliphatic heterocycles. The molecule has 106 valence electrons. The van der Waals surface area contributed by atoms with Crippen LogP contribution in [-0.4, -0.2) is 5.75 Å². The molecular formula is C14H18N4S2. The number of nitrogens with two attached hydrogens (primary N) is 3. The summed E-state index contributed by atoms with van der Waals surface area (Å²) >= 11 is 6.25. The number of thioether (sulfide) groups is 1. The van der Waals surface area contributed by atoms with Crippen molar-refractivity contribution in [2.24, 2.45) is 0 Å². The van der Waals surface area contributed by atoms with E-state index in [4.69, 9.17) is 17.2 Å². The molecular weight excluding hydrogens is 288 g/mol. The second-order valence-electron chi connectivity index (χ2n) is 4.28. The number of hydrogen-bond donors (Lipinski definition) is 5. The number of anilines is 5. The van der Waals surface area contributed by atoms with Crippen LogP contribution in [0, 0.1) is 0 Å². The average Bonchev–Trinajstić information content (AvgIpc) is 2.43. The largest absolute Gasteiger partial charge is 0.399 e. The molecule has 7 N–H and O–H groups in total. The van der Waals surface area contributed by atoms with Crippen LogP contribution in [0.3, 0.4) is 0 Å². The van der Waals surface area contributed by atoms with E-state index in [1.165, 1.54) is 0 Å². The van der Waals surface area contributed by atoms with E-state index in [1.807, 2.05) is 30.3 Å². The molecule has 0 saturated carbocycles. The van der Waals surface area contributed by atoms with E-state index in [9.17, 15) is 0 Å². The van der Waals surface area contributed by atoms with Crippen molar-refractivity contribution >= 4 is 52.8 Å². The Morgan fingerprint density at radius 1 is 1.15 bits per heavy atom. The van der Waals surface area contributed by atoms with Gasteiger partial charge in [0.25, 0.3) is 0 Å². The maximum Gasteiger partial charge on any atom is 0.0799 e. The normalized spacial score (nSPS) is 10.5. The molecule has 2 rings (SSSR count). The second-order valence-corrected chi connectivity index (χ2v) is 6.03. The van der Waals surface area contributed by atoms with Crippen molar-refractivity contribution in [3.05, 3.63) is 30.3 Å². The summed E-state index contributed by atoms with van der Waals surface area (Å²) in [5, 5.41) is 3.26. The number of nitrogens with one attached hydrogen (secondary N) is 1. The molecule has 0 unspecified atom stereocenters. The van der Waals surface area contributed by atoms with Crippen LogP contribution >= 0.6 is 24.4 Å². The van der Waals surface area contributed by atoms with Crippen LogP contribution in [0.4, 0.5) is 28.4 Å². The molecule has 6 heteroatoms. The van der Waals surface area contributed by atoms with Crippen molar-refractivity contribution < 1.29 is 0 Å². The summed E-state index contributed by atoms with van der Waals surface area (Å²) in [5.74, 6) is 0.943. The fraction of sp³-hybridized carbons (Fsp3) is 0.143. The molecule has 0 radical (unpaired) electrons. The molecule has 0 atom stereocenters. The van der Waals surface area contributed by atoms with E-state index >= 15 is 0 Å². The molecule has 2 aromatic carbocycles. The van der Waals surface area contributed by atoms with E-state index in [0.29, 0.717) is 17.1 Å². The average molecular weight is 306 g/mol. The van der Waals surface area contributed by atoms with E-state index in [-0.39, 0.29) is 0 Å². The molecule has 0 amide bonds. The maximum absolute atomic E-state index is 6.06. The highest BCUT2D eigenvalue weighted by atomic mass is 32.2. The standard InChI is InChI=1S/C14H18N4S2/c1-2-20-11-7-10(16)12(17)13(14(11)19)18-9-5-3-8(15)4-6-9/h3-7,18-19H,2,15-17H2,1H3. The zero-order chi connectivity index (χ0) is 14.7. The SMILES string of the molecule is CCSc1cc(N)c(N)c(Nc2ccc(N)cc2)c1S. The van der Waals surface area contributed by atoms with Crippen molar-refractivity contribution in [1.82, 2.24) is 0 Å². The molecule has 0 heterocycles.